The minimum atomic E-state index is -3.18. The summed E-state index contributed by atoms with van der Waals surface area (Å²) in [5.74, 6) is 0.185. The van der Waals surface area contributed by atoms with E-state index in [9.17, 15) is 8.42 Å². The van der Waals surface area contributed by atoms with Crippen molar-refractivity contribution in [1.29, 1.82) is 0 Å². The third kappa shape index (κ3) is 6.18. The van der Waals surface area contributed by atoms with Gasteiger partial charge in [0.1, 0.15) is 0 Å². The molecule has 0 aromatic heterocycles. The Labute approximate surface area is 130 Å². The van der Waals surface area contributed by atoms with Crippen molar-refractivity contribution in [2.45, 2.75) is 63.8 Å². The van der Waals surface area contributed by atoms with E-state index >= 15 is 0 Å². The van der Waals surface area contributed by atoms with E-state index in [4.69, 9.17) is 0 Å². The second kappa shape index (κ2) is 6.49. The Hall–Kier alpha value is -0.870. The van der Waals surface area contributed by atoms with Gasteiger partial charge in [0.2, 0.25) is 0 Å². The summed E-state index contributed by atoms with van der Waals surface area (Å²) in [7, 11) is -3.18. The fourth-order valence-electron chi connectivity index (χ4n) is 2.01. The average molecular weight is 311 g/mol. The summed E-state index contributed by atoms with van der Waals surface area (Å²) in [5.41, 5.74) is 1.22. The number of benzene rings is 1. The molecule has 120 valence electrons. The standard InChI is InChI=1S/C17H29NO2S/c1-16(2,3)14-8-10-15(11-9-14)21(19,20)13-7-12-18-17(4,5)6/h8-11,18H,7,12-13H2,1-6H3. The predicted molar refractivity (Wildman–Crippen MR) is 89.6 cm³/mol. The van der Waals surface area contributed by atoms with Crippen LogP contribution in [-0.4, -0.2) is 26.3 Å². The molecule has 0 heterocycles. The van der Waals surface area contributed by atoms with E-state index in [1.165, 1.54) is 0 Å². The van der Waals surface area contributed by atoms with Crippen molar-refractivity contribution in [3.05, 3.63) is 29.8 Å². The Morgan fingerprint density at radius 3 is 1.90 bits per heavy atom. The molecule has 0 aliphatic rings. The quantitative estimate of drug-likeness (QED) is 0.846. The van der Waals surface area contributed by atoms with Gasteiger partial charge in [0.25, 0.3) is 0 Å². The first kappa shape index (κ1) is 18.2. The molecule has 0 atom stereocenters. The van der Waals surface area contributed by atoms with Gasteiger partial charge in [0.15, 0.2) is 9.84 Å². The lowest BCUT2D eigenvalue weighted by atomic mass is 9.87. The second-order valence-electron chi connectivity index (χ2n) is 7.62. The summed E-state index contributed by atoms with van der Waals surface area (Å²) >= 11 is 0. The molecule has 3 nitrogen and oxygen atoms in total. The van der Waals surface area contributed by atoms with Gasteiger partial charge in [-0.25, -0.2) is 8.42 Å². The first-order valence-corrected chi connectivity index (χ1v) is 9.15. The number of rotatable bonds is 5. The molecule has 21 heavy (non-hydrogen) atoms. The Morgan fingerprint density at radius 1 is 0.952 bits per heavy atom. The maximum atomic E-state index is 12.3. The predicted octanol–water partition coefficient (Wildman–Crippen LogP) is 3.54. The first-order valence-electron chi connectivity index (χ1n) is 7.50. The van der Waals surface area contributed by atoms with Crippen molar-refractivity contribution in [3.63, 3.8) is 0 Å². The van der Waals surface area contributed by atoms with E-state index in [0.717, 1.165) is 5.56 Å². The van der Waals surface area contributed by atoms with Crippen molar-refractivity contribution in [3.8, 4) is 0 Å². The molecule has 0 bridgehead atoms. The SMILES string of the molecule is CC(C)(C)NCCCS(=O)(=O)c1ccc(C(C)(C)C)cc1. The molecule has 1 aromatic carbocycles. The molecule has 0 aliphatic heterocycles. The van der Waals surface area contributed by atoms with E-state index in [-0.39, 0.29) is 16.7 Å². The molecule has 1 rings (SSSR count). The molecule has 4 heteroatoms. The van der Waals surface area contributed by atoms with E-state index in [1.54, 1.807) is 12.1 Å². The topological polar surface area (TPSA) is 46.2 Å². The Kier molecular flexibility index (Phi) is 5.62. The zero-order valence-corrected chi connectivity index (χ0v) is 15.0. The van der Waals surface area contributed by atoms with Gasteiger partial charge in [0.05, 0.1) is 10.6 Å². The zero-order valence-electron chi connectivity index (χ0n) is 14.2. The number of hydrogen-bond acceptors (Lipinski definition) is 3. The smallest absolute Gasteiger partial charge is 0.178 e. The summed E-state index contributed by atoms with van der Waals surface area (Å²) in [6.45, 7) is 13.3. The lowest BCUT2D eigenvalue weighted by Gasteiger charge is -2.20. The normalized spacial score (nSPS) is 13.4. The molecule has 1 N–H and O–H groups in total. The third-order valence-corrected chi connectivity index (χ3v) is 5.14. The van der Waals surface area contributed by atoms with Crippen LogP contribution in [0.2, 0.25) is 0 Å². The minimum Gasteiger partial charge on any atom is -0.312 e. The highest BCUT2D eigenvalue weighted by Gasteiger charge is 2.18. The highest BCUT2D eigenvalue weighted by atomic mass is 32.2. The van der Waals surface area contributed by atoms with Crippen molar-refractivity contribution >= 4 is 9.84 Å². The number of hydrogen-bond donors (Lipinski definition) is 1. The Balaban J connectivity index is 2.67. The van der Waals surface area contributed by atoms with Crippen LogP contribution in [-0.2, 0) is 15.3 Å². The van der Waals surface area contributed by atoms with Crippen LogP contribution in [0.5, 0.6) is 0 Å². The largest absolute Gasteiger partial charge is 0.312 e. The van der Waals surface area contributed by atoms with E-state index in [2.05, 4.69) is 46.9 Å². The molecule has 0 spiro atoms. The second-order valence-corrected chi connectivity index (χ2v) is 9.73. The Morgan fingerprint density at radius 2 is 1.48 bits per heavy atom. The molecule has 0 amide bonds. The maximum absolute atomic E-state index is 12.3. The Bertz CT molecular complexity index is 546. The molecule has 0 unspecified atom stereocenters. The van der Waals surface area contributed by atoms with Crippen LogP contribution < -0.4 is 5.32 Å². The van der Waals surface area contributed by atoms with Gasteiger partial charge in [-0.1, -0.05) is 32.9 Å². The van der Waals surface area contributed by atoms with Crippen molar-refractivity contribution in [2.24, 2.45) is 0 Å². The summed E-state index contributed by atoms with van der Waals surface area (Å²) in [6.07, 6.45) is 0.626. The first-order chi connectivity index (χ1) is 9.42. The molecule has 0 aliphatic carbocycles. The van der Waals surface area contributed by atoms with Crippen LogP contribution in [0.15, 0.2) is 29.2 Å². The average Bonchev–Trinajstić information content (AvgIpc) is 2.33. The zero-order chi connectivity index (χ0) is 16.3. The van der Waals surface area contributed by atoms with Gasteiger partial charge >= 0.3 is 0 Å². The lowest BCUT2D eigenvalue weighted by molar-refractivity contribution is 0.426. The number of sulfone groups is 1. The summed E-state index contributed by atoms with van der Waals surface area (Å²) in [5, 5.41) is 3.31. The van der Waals surface area contributed by atoms with Crippen LogP contribution in [0.25, 0.3) is 0 Å². The highest BCUT2D eigenvalue weighted by molar-refractivity contribution is 7.91. The maximum Gasteiger partial charge on any atom is 0.178 e. The van der Waals surface area contributed by atoms with E-state index in [0.29, 0.717) is 17.9 Å². The van der Waals surface area contributed by atoms with Crippen molar-refractivity contribution < 1.29 is 8.42 Å². The van der Waals surface area contributed by atoms with Gasteiger partial charge < -0.3 is 5.32 Å². The molecule has 0 saturated heterocycles. The molecule has 0 radical (unpaired) electrons. The van der Waals surface area contributed by atoms with Gasteiger partial charge in [-0.3, -0.25) is 0 Å². The minimum absolute atomic E-state index is 0.0259. The molecule has 1 aromatic rings. The summed E-state index contributed by atoms with van der Waals surface area (Å²) in [6, 6.07) is 7.29. The summed E-state index contributed by atoms with van der Waals surface area (Å²) < 4.78 is 24.6. The van der Waals surface area contributed by atoms with E-state index in [1.807, 2.05) is 12.1 Å². The van der Waals surface area contributed by atoms with E-state index < -0.39 is 9.84 Å². The molecular formula is C17H29NO2S. The third-order valence-electron chi connectivity index (χ3n) is 3.32. The van der Waals surface area contributed by atoms with Gasteiger partial charge in [-0.05, 0) is 56.8 Å². The molecular weight excluding hydrogens is 282 g/mol. The van der Waals surface area contributed by atoms with Gasteiger partial charge in [-0.2, -0.15) is 0 Å². The van der Waals surface area contributed by atoms with Gasteiger partial charge in [0, 0.05) is 5.54 Å². The van der Waals surface area contributed by atoms with Crippen LogP contribution in [0.3, 0.4) is 0 Å². The van der Waals surface area contributed by atoms with Crippen LogP contribution in [0.4, 0.5) is 0 Å². The highest BCUT2D eigenvalue weighted by Crippen LogP contribution is 2.23. The lowest BCUT2D eigenvalue weighted by Crippen LogP contribution is -2.36. The number of nitrogens with one attached hydrogen (secondary N) is 1. The molecule has 0 saturated carbocycles. The van der Waals surface area contributed by atoms with Gasteiger partial charge in [-0.15, -0.1) is 0 Å². The van der Waals surface area contributed by atoms with Crippen LogP contribution in [0.1, 0.15) is 53.5 Å². The van der Waals surface area contributed by atoms with Crippen LogP contribution >= 0.6 is 0 Å². The monoisotopic (exact) mass is 311 g/mol. The fraction of sp³-hybridized carbons (Fsp3) is 0.647. The fourth-order valence-corrected chi connectivity index (χ4v) is 3.32. The van der Waals surface area contributed by atoms with Crippen molar-refractivity contribution in [1.82, 2.24) is 5.32 Å². The van der Waals surface area contributed by atoms with Crippen LogP contribution in [0, 0.1) is 0 Å². The van der Waals surface area contributed by atoms with Crippen molar-refractivity contribution in [2.75, 3.05) is 12.3 Å². The summed E-state index contributed by atoms with van der Waals surface area (Å²) in [4.78, 5) is 0.422. The molecule has 0 fully saturated rings.